The molecule has 20 heavy (non-hydrogen) atoms. The van der Waals surface area contributed by atoms with E-state index in [0.717, 1.165) is 37.0 Å². The van der Waals surface area contributed by atoms with Gasteiger partial charge in [-0.25, -0.2) is 8.42 Å². The lowest BCUT2D eigenvalue weighted by molar-refractivity contribution is 0.142. The standard InChI is InChI=1S/C14H20N2O2S2/c1-3-14(4-2)7-9-16(10-8-14)20(17,18)13-6-5-12(11-15)19-13/h5-6H,3-4,7-10H2,1-2H3. The maximum atomic E-state index is 12.5. The SMILES string of the molecule is CCC1(CC)CCN(S(=O)(=O)c2ccc(C#N)s2)CC1. The second-order valence-electron chi connectivity index (χ2n) is 5.34. The van der Waals surface area contributed by atoms with E-state index in [0.29, 0.717) is 23.4 Å². The zero-order valence-corrected chi connectivity index (χ0v) is 13.6. The summed E-state index contributed by atoms with van der Waals surface area (Å²) in [6.45, 7) is 5.55. The van der Waals surface area contributed by atoms with Gasteiger partial charge in [0.25, 0.3) is 10.0 Å². The molecule has 4 nitrogen and oxygen atoms in total. The number of hydrogen-bond acceptors (Lipinski definition) is 4. The predicted octanol–water partition coefficient (Wildman–Crippen LogP) is 3.21. The first-order valence-electron chi connectivity index (χ1n) is 6.97. The molecule has 1 saturated heterocycles. The van der Waals surface area contributed by atoms with Gasteiger partial charge in [-0.2, -0.15) is 9.57 Å². The Morgan fingerprint density at radius 1 is 1.30 bits per heavy atom. The number of thiophene rings is 1. The van der Waals surface area contributed by atoms with Crippen LogP contribution < -0.4 is 0 Å². The Morgan fingerprint density at radius 3 is 2.35 bits per heavy atom. The van der Waals surface area contributed by atoms with Gasteiger partial charge in [-0.3, -0.25) is 0 Å². The van der Waals surface area contributed by atoms with Crippen molar-refractivity contribution >= 4 is 21.4 Å². The van der Waals surface area contributed by atoms with Gasteiger partial charge in [0.2, 0.25) is 0 Å². The number of hydrogen-bond donors (Lipinski definition) is 0. The highest BCUT2D eigenvalue weighted by Gasteiger charge is 2.36. The van der Waals surface area contributed by atoms with Gasteiger partial charge in [0.15, 0.2) is 0 Å². The summed E-state index contributed by atoms with van der Waals surface area (Å²) in [7, 11) is -3.42. The third-order valence-corrected chi connectivity index (χ3v) is 7.92. The number of rotatable bonds is 4. The van der Waals surface area contributed by atoms with Gasteiger partial charge in [0.05, 0.1) is 0 Å². The second kappa shape index (κ2) is 5.84. The normalized spacial score (nSPS) is 19.6. The summed E-state index contributed by atoms with van der Waals surface area (Å²) >= 11 is 1.05. The van der Waals surface area contributed by atoms with E-state index in [2.05, 4.69) is 13.8 Å². The van der Waals surface area contributed by atoms with Crippen LogP contribution in [0.4, 0.5) is 0 Å². The molecule has 0 N–H and O–H groups in total. The van der Waals surface area contributed by atoms with Gasteiger partial charge in [0.1, 0.15) is 15.2 Å². The van der Waals surface area contributed by atoms with Crippen LogP contribution in [0.15, 0.2) is 16.3 Å². The molecular formula is C14H20N2O2S2. The van der Waals surface area contributed by atoms with E-state index < -0.39 is 10.0 Å². The van der Waals surface area contributed by atoms with Crippen LogP contribution in [0.2, 0.25) is 0 Å². The molecular weight excluding hydrogens is 292 g/mol. The quantitative estimate of drug-likeness (QED) is 0.857. The fourth-order valence-electron chi connectivity index (χ4n) is 2.80. The topological polar surface area (TPSA) is 61.2 Å². The fourth-order valence-corrected chi connectivity index (χ4v) is 5.50. The molecule has 0 spiro atoms. The first kappa shape index (κ1) is 15.5. The highest BCUT2D eigenvalue weighted by atomic mass is 32.2. The van der Waals surface area contributed by atoms with Crippen molar-refractivity contribution in [2.24, 2.45) is 5.41 Å². The van der Waals surface area contributed by atoms with E-state index in [-0.39, 0.29) is 4.21 Å². The Balaban J connectivity index is 2.15. The zero-order chi connectivity index (χ0) is 14.8. The second-order valence-corrected chi connectivity index (χ2v) is 8.59. The molecule has 1 aromatic heterocycles. The highest BCUT2D eigenvalue weighted by molar-refractivity contribution is 7.91. The molecule has 0 unspecified atom stereocenters. The lowest BCUT2D eigenvalue weighted by Crippen LogP contribution is -2.42. The zero-order valence-electron chi connectivity index (χ0n) is 11.9. The fraction of sp³-hybridized carbons (Fsp3) is 0.643. The molecule has 0 aliphatic carbocycles. The minimum atomic E-state index is -3.42. The highest BCUT2D eigenvalue weighted by Crippen LogP contribution is 2.39. The lowest BCUT2D eigenvalue weighted by Gasteiger charge is -2.40. The van der Waals surface area contributed by atoms with E-state index in [9.17, 15) is 8.42 Å². The van der Waals surface area contributed by atoms with Gasteiger partial charge < -0.3 is 0 Å². The molecule has 0 aromatic carbocycles. The monoisotopic (exact) mass is 312 g/mol. The van der Waals surface area contributed by atoms with E-state index >= 15 is 0 Å². The number of nitriles is 1. The molecule has 6 heteroatoms. The van der Waals surface area contributed by atoms with Crippen LogP contribution in [0, 0.1) is 16.7 Å². The maximum Gasteiger partial charge on any atom is 0.252 e. The maximum absolute atomic E-state index is 12.5. The number of sulfonamides is 1. The summed E-state index contributed by atoms with van der Waals surface area (Å²) in [5.74, 6) is 0. The first-order chi connectivity index (χ1) is 9.47. The van der Waals surface area contributed by atoms with Crippen molar-refractivity contribution in [2.45, 2.75) is 43.7 Å². The van der Waals surface area contributed by atoms with Crippen LogP contribution in [-0.4, -0.2) is 25.8 Å². The van der Waals surface area contributed by atoms with E-state index in [4.69, 9.17) is 5.26 Å². The minimum absolute atomic E-state index is 0.287. The number of piperidine rings is 1. The summed E-state index contributed by atoms with van der Waals surface area (Å²) in [4.78, 5) is 0.442. The average molecular weight is 312 g/mol. The Morgan fingerprint density at radius 2 is 1.90 bits per heavy atom. The van der Waals surface area contributed by atoms with Gasteiger partial charge >= 0.3 is 0 Å². The smallest absolute Gasteiger partial charge is 0.206 e. The van der Waals surface area contributed by atoms with Crippen LogP contribution >= 0.6 is 11.3 Å². The predicted molar refractivity (Wildman–Crippen MR) is 80.0 cm³/mol. The molecule has 1 fully saturated rings. The first-order valence-corrected chi connectivity index (χ1v) is 9.23. The van der Waals surface area contributed by atoms with Crippen molar-refractivity contribution in [3.63, 3.8) is 0 Å². The largest absolute Gasteiger partial charge is 0.252 e. The summed E-state index contributed by atoms with van der Waals surface area (Å²) < 4.78 is 26.9. The Bertz CT molecular complexity index is 599. The lowest BCUT2D eigenvalue weighted by atomic mass is 9.75. The van der Waals surface area contributed by atoms with Crippen molar-refractivity contribution in [2.75, 3.05) is 13.1 Å². The van der Waals surface area contributed by atoms with Crippen LogP contribution in [0.25, 0.3) is 0 Å². The molecule has 0 bridgehead atoms. The van der Waals surface area contributed by atoms with Crippen molar-refractivity contribution in [1.29, 1.82) is 5.26 Å². The Kier molecular flexibility index (Phi) is 4.52. The van der Waals surface area contributed by atoms with E-state index in [1.54, 1.807) is 16.4 Å². The third kappa shape index (κ3) is 2.76. The molecule has 0 radical (unpaired) electrons. The van der Waals surface area contributed by atoms with Crippen molar-refractivity contribution in [3.05, 3.63) is 17.0 Å². The van der Waals surface area contributed by atoms with Gasteiger partial charge in [-0.15, -0.1) is 11.3 Å². The molecule has 2 heterocycles. The van der Waals surface area contributed by atoms with E-state index in [1.807, 2.05) is 6.07 Å². The van der Waals surface area contributed by atoms with Crippen molar-refractivity contribution < 1.29 is 8.42 Å². The summed E-state index contributed by atoms with van der Waals surface area (Å²) in [5, 5.41) is 8.81. The molecule has 1 aromatic rings. The van der Waals surface area contributed by atoms with Crippen LogP contribution in [0.1, 0.15) is 44.4 Å². The van der Waals surface area contributed by atoms with Crippen LogP contribution in [-0.2, 0) is 10.0 Å². The molecule has 0 saturated carbocycles. The third-order valence-electron chi connectivity index (χ3n) is 4.57. The van der Waals surface area contributed by atoms with E-state index in [1.165, 1.54) is 0 Å². The van der Waals surface area contributed by atoms with Crippen LogP contribution in [0.3, 0.4) is 0 Å². The molecule has 110 valence electrons. The molecule has 1 aliphatic heterocycles. The summed E-state index contributed by atoms with van der Waals surface area (Å²) in [6.07, 6.45) is 4.06. The Labute approximate surface area is 125 Å². The van der Waals surface area contributed by atoms with Gasteiger partial charge in [-0.05, 0) is 30.4 Å². The molecule has 1 aliphatic rings. The average Bonchev–Trinajstić information content (AvgIpc) is 2.97. The van der Waals surface area contributed by atoms with Gasteiger partial charge in [-0.1, -0.05) is 26.7 Å². The molecule has 0 atom stereocenters. The Hall–Kier alpha value is -0.900. The van der Waals surface area contributed by atoms with Crippen molar-refractivity contribution in [1.82, 2.24) is 4.31 Å². The number of nitrogens with zero attached hydrogens (tertiary/aromatic N) is 2. The summed E-state index contributed by atoms with van der Waals surface area (Å²) in [6, 6.07) is 5.10. The van der Waals surface area contributed by atoms with Crippen LogP contribution in [0.5, 0.6) is 0 Å². The minimum Gasteiger partial charge on any atom is -0.206 e. The molecule has 0 amide bonds. The summed E-state index contributed by atoms with van der Waals surface area (Å²) in [5.41, 5.74) is 0.305. The van der Waals surface area contributed by atoms with Gasteiger partial charge in [0, 0.05) is 13.1 Å². The molecule has 2 rings (SSSR count). The van der Waals surface area contributed by atoms with Crippen molar-refractivity contribution in [3.8, 4) is 6.07 Å².